The lowest BCUT2D eigenvalue weighted by molar-refractivity contribution is 0.203. The summed E-state index contributed by atoms with van der Waals surface area (Å²) in [5.41, 5.74) is 1.41. The number of methoxy groups -OCH3 is 2. The number of hydrogen-bond acceptors (Lipinski definition) is 7. The smallest absolute Gasteiger partial charge is 0.165 e. The number of hydrogen-bond donors (Lipinski definition) is 1. The molecule has 0 amide bonds. The number of aliphatic hydroxyl groups is 1. The van der Waals surface area contributed by atoms with Gasteiger partial charge in [-0.2, -0.15) is 8.75 Å². The predicted molar refractivity (Wildman–Crippen MR) is 76.5 cm³/mol. The van der Waals surface area contributed by atoms with Crippen LogP contribution in [0, 0.1) is 0 Å². The van der Waals surface area contributed by atoms with E-state index in [4.69, 9.17) is 9.47 Å². The molecule has 0 bridgehead atoms. The van der Waals surface area contributed by atoms with Gasteiger partial charge in [0.1, 0.15) is 0 Å². The normalized spacial score (nSPS) is 13.1. The summed E-state index contributed by atoms with van der Waals surface area (Å²) in [6.45, 7) is 1.74. The maximum absolute atomic E-state index is 9.74. The van der Waals surface area contributed by atoms with Crippen LogP contribution in [0.5, 0.6) is 11.5 Å². The van der Waals surface area contributed by atoms with Crippen molar-refractivity contribution in [2.45, 2.75) is 13.0 Å². The predicted octanol–water partition coefficient (Wildman–Crippen LogP) is 2.98. The first kappa shape index (κ1) is 12.6. The molecule has 1 unspecified atom stereocenters. The van der Waals surface area contributed by atoms with Crippen molar-refractivity contribution in [3.63, 3.8) is 0 Å². The van der Waals surface area contributed by atoms with Gasteiger partial charge in [-0.1, -0.05) is 0 Å². The summed E-state index contributed by atoms with van der Waals surface area (Å²) >= 11 is 2.62. The number of nitrogens with zero attached hydrogens (tertiary/aromatic N) is 2. The zero-order chi connectivity index (χ0) is 13.6. The van der Waals surface area contributed by atoms with E-state index in [1.165, 1.54) is 11.3 Å². The molecular weight excluding hydrogens is 284 g/mol. The van der Waals surface area contributed by atoms with Crippen LogP contribution in [0.3, 0.4) is 0 Å². The molecule has 2 heterocycles. The Morgan fingerprint density at radius 2 is 1.79 bits per heavy atom. The van der Waals surface area contributed by atoms with Gasteiger partial charge in [0, 0.05) is 10.3 Å². The van der Waals surface area contributed by atoms with Crippen molar-refractivity contribution in [3.05, 3.63) is 10.9 Å². The molecule has 1 N–H and O–H groups in total. The van der Waals surface area contributed by atoms with E-state index in [2.05, 4.69) is 8.75 Å². The highest BCUT2D eigenvalue weighted by atomic mass is 32.1. The third-order valence-electron chi connectivity index (χ3n) is 2.94. The summed E-state index contributed by atoms with van der Waals surface area (Å²) in [7, 11) is 3.22. The van der Waals surface area contributed by atoms with E-state index in [1.807, 2.05) is 6.07 Å². The Morgan fingerprint density at radius 1 is 1.16 bits per heavy atom. The Morgan fingerprint density at radius 3 is 2.37 bits per heavy atom. The van der Waals surface area contributed by atoms with Crippen molar-refractivity contribution in [1.82, 2.24) is 8.75 Å². The number of thiophene rings is 1. The molecule has 100 valence electrons. The quantitative estimate of drug-likeness (QED) is 0.805. The SMILES string of the molecule is COc1c2cc(C(C)O)sc2c(OC)c2nsnc12. The van der Waals surface area contributed by atoms with Crippen LogP contribution < -0.4 is 9.47 Å². The van der Waals surface area contributed by atoms with Gasteiger partial charge in [-0.05, 0) is 13.0 Å². The van der Waals surface area contributed by atoms with Crippen LogP contribution in [0.15, 0.2) is 6.07 Å². The monoisotopic (exact) mass is 296 g/mol. The molecule has 0 fully saturated rings. The third kappa shape index (κ3) is 1.77. The lowest BCUT2D eigenvalue weighted by Crippen LogP contribution is -1.90. The summed E-state index contributed by atoms with van der Waals surface area (Å²) in [5, 5.41) is 10.6. The Balaban J connectivity index is 2.48. The molecule has 0 aliphatic rings. The molecule has 3 rings (SSSR count). The van der Waals surface area contributed by atoms with E-state index in [1.54, 1.807) is 21.1 Å². The molecule has 0 aliphatic carbocycles. The van der Waals surface area contributed by atoms with Crippen LogP contribution >= 0.6 is 23.1 Å². The van der Waals surface area contributed by atoms with Crippen LogP contribution in [-0.4, -0.2) is 28.1 Å². The molecule has 1 aromatic carbocycles. The molecule has 19 heavy (non-hydrogen) atoms. The van der Waals surface area contributed by atoms with Gasteiger partial charge < -0.3 is 14.6 Å². The van der Waals surface area contributed by atoms with Crippen LogP contribution in [0.1, 0.15) is 17.9 Å². The van der Waals surface area contributed by atoms with Gasteiger partial charge in [0.15, 0.2) is 22.5 Å². The summed E-state index contributed by atoms with van der Waals surface area (Å²) in [6.07, 6.45) is -0.523. The number of aromatic nitrogens is 2. The highest BCUT2D eigenvalue weighted by molar-refractivity contribution is 7.19. The van der Waals surface area contributed by atoms with Crippen molar-refractivity contribution in [1.29, 1.82) is 0 Å². The van der Waals surface area contributed by atoms with Gasteiger partial charge in [0.25, 0.3) is 0 Å². The Labute approximate surface area is 117 Å². The van der Waals surface area contributed by atoms with Crippen molar-refractivity contribution in [2.24, 2.45) is 0 Å². The number of benzene rings is 1. The molecule has 0 spiro atoms. The second-order valence-electron chi connectivity index (χ2n) is 4.10. The lowest BCUT2D eigenvalue weighted by atomic mass is 10.1. The molecule has 3 aromatic rings. The summed E-state index contributed by atoms with van der Waals surface area (Å²) < 4.78 is 20.4. The molecule has 0 saturated heterocycles. The van der Waals surface area contributed by atoms with E-state index in [-0.39, 0.29) is 0 Å². The van der Waals surface area contributed by atoms with Gasteiger partial charge in [-0.15, -0.1) is 11.3 Å². The first-order valence-corrected chi connectivity index (χ1v) is 7.19. The minimum Gasteiger partial charge on any atom is -0.494 e. The molecule has 5 nitrogen and oxygen atoms in total. The zero-order valence-corrected chi connectivity index (χ0v) is 12.3. The fourth-order valence-electron chi connectivity index (χ4n) is 2.07. The van der Waals surface area contributed by atoms with E-state index in [0.29, 0.717) is 22.5 Å². The molecule has 2 aromatic heterocycles. The number of ether oxygens (including phenoxy) is 2. The first-order chi connectivity index (χ1) is 9.17. The number of fused-ring (bicyclic) bond motifs is 2. The molecule has 1 atom stereocenters. The first-order valence-electron chi connectivity index (χ1n) is 5.65. The van der Waals surface area contributed by atoms with Gasteiger partial charge in [-0.3, -0.25) is 0 Å². The van der Waals surface area contributed by atoms with Crippen LogP contribution in [0.4, 0.5) is 0 Å². The van der Waals surface area contributed by atoms with Gasteiger partial charge in [-0.25, -0.2) is 0 Å². The average molecular weight is 296 g/mol. The molecular formula is C12H12N2O3S2. The molecule has 7 heteroatoms. The van der Waals surface area contributed by atoms with E-state index >= 15 is 0 Å². The van der Waals surface area contributed by atoms with E-state index in [9.17, 15) is 5.11 Å². The third-order valence-corrected chi connectivity index (χ3v) is 4.77. The topological polar surface area (TPSA) is 64.5 Å². The van der Waals surface area contributed by atoms with Crippen molar-refractivity contribution in [2.75, 3.05) is 14.2 Å². The van der Waals surface area contributed by atoms with Crippen LogP contribution in [-0.2, 0) is 0 Å². The van der Waals surface area contributed by atoms with Gasteiger partial charge in [0.05, 0.1) is 36.8 Å². The Bertz CT molecular complexity index is 692. The van der Waals surface area contributed by atoms with Gasteiger partial charge >= 0.3 is 0 Å². The van der Waals surface area contributed by atoms with Gasteiger partial charge in [0.2, 0.25) is 0 Å². The maximum Gasteiger partial charge on any atom is 0.165 e. The molecule has 0 radical (unpaired) electrons. The van der Waals surface area contributed by atoms with Crippen LogP contribution in [0.2, 0.25) is 0 Å². The molecule has 0 saturated carbocycles. The fraction of sp³-hybridized carbons (Fsp3) is 0.333. The Kier molecular flexibility index (Phi) is 3.04. The molecule has 0 aliphatic heterocycles. The van der Waals surface area contributed by atoms with Crippen molar-refractivity contribution < 1.29 is 14.6 Å². The summed E-state index contributed by atoms with van der Waals surface area (Å²) in [4.78, 5) is 0.864. The standard InChI is InChI=1S/C12H12N2O3S2/c1-5(15)7-4-6-10(16-2)8-9(14-19-13-8)11(17-3)12(6)18-7/h4-5,15H,1-3H3. The highest BCUT2D eigenvalue weighted by Gasteiger charge is 2.21. The number of rotatable bonds is 3. The summed E-state index contributed by atoms with van der Waals surface area (Å²) in [6, 6.07) is 1.92. The van der Waals surface area contributed by atoms with Crippen molar-refractivity contribution >= 4 is 44.2 Å². The van der Waals surface area contributed by atoms with E-state index < -0.39 is 6.10 Å². The zero-order valence-electron chi connectivity index (χ0n) is 10.6. The minimum atomic E-state index is -0.523. The average Bonchev–Trinajstić information content (AvgIpc) is 3.01. The largest absolute Gasteiger partial charge is 0.494 e. The second-order valence-corrected chi connectivity index (χ2v) is 5.71. The number of aliphatic hydroxyl groups excluding tert-OH is 1. The fourth-order valence-corrected chi connectivity index (χ4v) is 3.73. The van der Waals surface area contributed by atoms with Crippen LogP contribution in [0.25, 0.3) is 21.1 Å². The van der Waals surface area contributed by atoms with Crippen molar-refractivity contribution in [3.8, 4) is 11.5 Å². The Hall–Kier alpha value is -1.44. The maximum atomic E-state index is 9.74. The minimum absolute atomic E-state index is 0.523. The summed E-state index contributed by atoms with van der Waals surface area (Å²) in [5.74, 6) is 1.37. The second kappa shape index (κ2) is 4.59. The highest BCUT2D eigenvalue weighted by Crippen LogP contribution is 2.46. The van der Waals surface area contributed by atoms with E-state index in [0.717, 1.165) is 26.7 Å². The lowest BCUT2D eigenvalue weighted by Gasteiger charge is -2.06.